The highest BCUT2D eigenvalue weighted by molar-refractivity contribution is 5.70. The lowest BCUT2D eigenvalue weighted by Crippen LogP contribution is -2.58. The van der Waals surface area contributed by atoms with E-state index in [1.54, 1.807) is 0 Å². The topological polar surface area (TPSA) is 49.8 Å². The number of hydrogen-bond acceptors (Lipinski definition) is 3. The van der Waals surface area contributed by atoms with Gasteiger partial charge in [0, 0.05) is 6.54 Å². The second-order valence-electron chi connectivity index (χ2n) is 6.02. The van der Waals surface area contributed by atoms with E-state index in [0.717, 1.165) is 19.4 Å². The summed E-state index contributed by atoms with van der Waals surface area (Å²) >= 11 is 0. The maximum atomic E-state index is 12.0. The fourth-order valence-corrected chi connectivity index (χ4v) is 2.78. The molecule has 0 aromatic carbocycles. The van der Waals surface area contributed by atoms with E-state index in [-0.39, 0.29) is 17.7 Å². The third-order valence-electron chi connectivity index (χ3n) is 3.44. The largest absolute Gasteiger partial charge is 0.444 e. The van der Waals surface area contributed by atoms with Gasteiger partial charge in [-0.25, -0.2) is 4.79 Å². The number of aliphatic hydroxyl groups is 1. The SMILES string of the molecule is CC(C)(C)OC(=O)N1CCCC12CC(O)C2. The molecule has 0 unspecified atom stereocenters. The Balaban J connectivity index is 2.01. The van der Waals surface area contributed by atoms with E-state index in [4.69, 9.17) is 4.74 Å². The molecule has 92 valence electrons. The molecule has 1 amide bonds. The van der Waals surface area contributed by atoms with Crippen LogP contribution in [0.15, 0.2) is 0 Å². The van der Waals surface area contributed by atoms with E-state index < -0.39 is 5.60 Å². The standard InChI is InChI=1S/C12H21NO3/c1-11(2,3)16-10(15)13-6-4-5-12(13)7-9(14)8-12/h9,14H,4-8H2,1-3H3. The Kier molecular flexibility index (Phi) is 2.65. The maximum Gasteiger partial charge on any atom is 0.410 e. The van der Waals surface area contributed by atoms with Gasteiger partial charge < -0.3 is 14.7 Å². The van der Waals surface area contributed by atoms with Crippen molar-refractivity contribution in [3.8, 4) is 0 Å². The van der Waals surface area contributed by atoms with Gasteiger partial charge in [-0.15, -0.1) is 0 Å². The van der Waals surface area contributed by atoms with Crippen molar-refractivity contribution in [1.82, 2.24) is 4.90 Å². The van der Waals surface area contributed by atoms with Crippen LogP contribution in [0, 0.1) is 0 Å². The number of rotatable bonds is 0. The van der Waals surface area contributed by atoms with E-state index in [1.165, 1.54) is 0 Å². The van der Waals surface area contributed by atoms with Crippen LogP contribution in [0.1, 0.15) is 46.5 Å². The molecule has 1 aliphatic heterocycles. The minimum absolute atomic E-state index is 0.0955. The molecule has 1 heterocycles. The Labute approximate surface area is 96.6 Å². The highest BCUT2D eigenvalue weighted by Crippen LogP contribution is 2.46. The Hall–Kier alpha value is -0.770. The van der Waals surface area contributed by atoms with Gasteiger partial charge in [0.2, 0.25) is 0 Å². The number of amides is 1. The van der Waals surface area contributed by atoms with Gasteiger partial charge in [0.15, 0.2) is 0 Å². The lowest BCUT2D eigenvalue weighted by atomic mass is 9.72. The Morgan fingerprint density at radius 2 is 2.06 bits per heavy atom. The van der Waals surface area contributed by atoms with E-state index in [1.807, 2.05) is 25.7 Å². The highest BCUT2D eigenvalue weighted by atomic mass is 16.6. The summed E-state index contributed by atoms with van der Waals surface area (Å²) in [4.78, 5) is 13.8. The summed E-state index contributed by atoms with van der Waals surface area (Å²) in [6.45, 7) is 6.40. The van der Waals surface area contributed by atoms with E-state index >= 15 is 0 Å². The third kappa shape index (κ3) is 2.03. The molecular formula is C12H21NO3. The summed E-state index contributed by atoms with van der Waals surface area (Å²) in [5.74, 6) is 0. The third-order valence-corrected chi connectivity index (χ3v) is 3.44. The fraction of sp³-hybridized carbons (Fsp3) is 0.917. The molecule has 0 aromatic heterocycles. The quantitative estimate of drug-likeness (QED) is 0.687. The normalized spacial score (nSPS) is 34.0. The van der Waals surface area contributed by atoms with Crippen LogP contribution in [0.3, 0.4) is 0 Å². The predicted octanol–water partition coefficient (Wildman–Crippen LogP) is 1.91. The molecule has 0 bridgehead atoms. The van der Waals surface area contributed by atoms with Crippen LogP contribution in [-0.4, -0.2) is 39.9 Å². The van der Waals surface area contributed by atoms with Crippen LogP contribution in [-0.2, 0) is 4.74 Å². The minimum Gasteiger partial charge on any atom is -0.444 e. The zero-order valence-corrected chi connectivity index (χ0v) is 10.3. The smallest absolute Gasteiger partial charge is 0.410 e. The summed E-state index contributed by atoms with van der Waals surface area (Å²) in [7, 11) is 0. The second-order valence-corrected chi connectivity index (χ2v) is 6.02. The van der Waals surface area contributed by atoms with Crippen molar-refractivity contribution in [2.24, 2.45) is 0 Å². The van der Waals surface area contributed by atoms with E-state index in [0.29, 0.717) is 12.8 Å². The molecule has 4 heteroatoms. The number of carbonyl (C=O) groups is 1. The number of nitrogens with zero attached hydrogens (tertiary/aromatic N) is 1. The van der Waals surface area contributed by atoms with E-state index in [9.17, 15) is 9.90 Å². The molecule has 1 aliphatic carbocycles. The molecule has 1 saturated carbocycles. The summed E-state index contributed by atoms with van der Waals surface area (Å²) < 4.78 is 5.39. The fourth-order valence-electron chi connectivity index (χ4n) is 2.78. The van der Waals surface area contributed by atoms with E-state index in [2.05, 4.69) is 0 Å². The summed E-state index contributed by atoms with van der Waals surface area (Å²) in [6.07, 6.45) is 2.99. The predicted molar refractivity (Wildman–Crippen MR) is 60.1 cm³/mol. The molecule has 2 fully saturated rings. The van der Waals surface area contributed by atoms with Gasteiger partial charge >= 0.3 is 6.09 Å². The van der Waals surface area contributed by atoms with Crippen molar-refractivity contribution in [1.29, 1.82) is 0 Å². The van der Waals surface area contributed by atoms with Gasteiger partial charge in [-0.3, -0.25) is 0 Å². The van der Waals surface area contributed by atoms with Gasteiger partial charge in [0.05, 0.1) is 11.6 Å². The van der Waals surface area contributed by atoms with Crippen molar-refractivity contribution >= 4 is 6.09 Å². The number of likely N-dealkylation sites (tertiary alicyclic amines) is 1. The van der Waals surface area contributed by atoms with Crippen molar-refractivity contribution < 1.29 is 14.6 Å². The first-order valence-electron chi connectivity index (χ1n) is 6.01. The molecule has 0 aromatic rings. The van der Waals surface area contributed by atoms with Gasteiger partial charge in [-0.05, 0) is 46.5 Å². The number of carbonyl (C=O) groups excluding carboxylic acids is 1. The molecule has 4 nitrogen and oxygen atoms in total. The molecule has 2 rings (SSSR count). The van der Waals surface area contributed by atoms with Crippen LogP contribution < -0.4 is 0 Å². The van der Waals surface area contributed by atoms with Gasteiger partial charge in [-0.1, -0.05) is 0 Å². The molecule has 0 atom stereocenters. The van der Waals surface area contributed by atoms with Crippen molar-refractivity contribution in [3.05, 3.63) is 0 Å². The van der Waals surface area contributed by atoms with Gasteiger partial charge in [0.1, 0.15) is 5.60 Å². The summed E-state index contributed by atoms with van der Waals surface area (Å²) in [6, 6.07) is 0. The zero-order valence-electron chi connectivity index (χ0n) is 10.3. The Bertz CT molecular complexity index is 289. The van der Waals surface area contributed by atoms with Gasteiger partial charge in [0.25, 0.3) is 0 Å². The lowest BCUT2D eigenvalue weighted by Gasteiger charge is -2.48. The van der Waals surface area contributed by atoms with Crippen LogP contribution in [0.5, 0.6) is 0 Å². The Morgan fingerprint density at radius 1 is 1.44 bits per heavy atom. The average Bonchev–Trinajstić information content (AvgIpc) is 2.44. The minimum atomic E-state index is -0.441. The first kappa shape index (κ1) is 11.7. The first-order valence-corrected chi connectivity index (χ1v) is 6.01. The molecule has 16 heavy (non-hydrogen) atoms. The molecule has 1 saturated heterocycles. The highest BCUT2D eigenvalue weighted by Gasteiger charge is 2.53. The molecule has 1 spiro atoms. The monoisotopic (exact) mass is 227 g/mol. The summed E-state index contributed by atoms with van der Waals surface area (Å²) in [5.41, 5.74) is -0.537. The first-order chi connectivity index (χ1) is 7.32. The zero-order chi connectivity index (χ0) is 12.0. The van der Waals surface area contributed by atoms with Crippen LogP contribution in [0.2, 0.25) is 0 Å². The van der Waals surface area contributed by atoms with Crippen molar-refractivity contribution in [2.45, 2.75) is 63.7 Å². The van der Waals surface area contributed by atoms with Crippen LogP contribution >= 0.6 is 0 Å². The van der Waals surface area contributed by atoms with Crippen molar-refractivity contribution in [2.75, 3.05) is 6.54 Å². The molecule has 2 aliphatic rings. The second kappa shape index (κ2) is 3.62. The molecule has 0 radical (unpaired) electrons. The maximum absolute atomic E-state index is 12.0. The lowest BCUT2D eigenvalue weighted by molar-refractivity contribution is -0.0606. The number of aliphatic hydroxyl groups excluding tert-OH is 1. The van der Waals surface area contributed by atoms with Gasteiger partial charge in [-0.2, -0.15) is 0 Å². The van der Waals surface area contributed by atoms with Crippen LogP contribution in [0.4, 0.5) is 4.79 Å². The number of hydrogen-bond donors (Lipinski definition) is 1. The Morgan fingerprint density at radius 3 is 2.56 bits per heavy atom. The molecular weight excluding hydrogens is 206 g/mol. The average molecular weight is 227 g/mol. The molecule has 1 N–H and O–H groups in total. The summed E-state index contributed by atoms with van der Waals surface area (Å²) in [5, 5.41) is 9.43. The number of ether oxygens (including phenoxy) is 1. The van der Waals surface area contributed by atoms with Crippen molar-refractivity contribution in [3.63, 3.8) is 0 Å². The van der Waals surface area contributed by atoms with Crippen LogP contribution in [0.25, 0.3) is 0 Å².